The summed E-state index contributed by atoms with van der Waals surface area (Å²) in [5.74, 6) is 1.76. The molecule has 0 bridgehead atoms. The second-order valence-electron chi connectivity index (χ2n) is 8.49. The van der Waals surface area contributed by atoms with Crippen molar-refractivity contribution in [1.82, 2.24) is 16.0 Å². The lowest BCUT2D eigenvalue weighted by molar-refractivity contribution is -0.120. The van der Waals surface area contributed by atoms with Gasteiger partial charge in [-0.3, -0.25) is 9.79 Å². The summed E-state index contributed by atoms with van der Waals surface area (Å²) in [7, 11) is 3.34. The van der Waals surface area contributed by atoms with Crippen molar-refractivity contribution in [1.29, 1.82) is 0 Å². The van der Waals surface area contributed by atoms with Crippen molar-refractivity contribution >= 4 is 35.8 Å². The van der Waals surface area contributed by atoms with Crippen molar-refractivity contribution in [3.05, 3.63) is 29.8 Å². The molecule has 170 valence electrons. The summed E-state index contributed by atoms with van der Waals surface area (Å²) < 4.78 is 11.2. The number of nitrogens with zero attached hydrogens (tertiary/aromatic N) is 1. The van der Waals surface area contributed by atoms with Gasteiger partial charge < -0.3 is 25.4 Å². The smallest absolute Gasteiger partial charge is 0.239 e. The Morgan fingerprint density at radius 2 is 1.90 bits per heavy atom. The molecule has 2 unspecified atom stereocenters. The monoisotopic (exact) mass is 532 g/mol. The third kappa shape index (κ3) is 8.67. The zero-order chi connectivity index (χ0) is 21.3. The number of benzene rings is 1. The largest absolute Gasteiger partial charge is 0.497 e. The Hall–Kier alpha value is -1.55. The second-order valence-corrected chi connectivity index (χ2v) is 8.49. The van der Waals surface area contributed by atoms with E-state index in [1.165, 1.54) is 0 Å². The first kappa shape index (κ1) is 26.5. The molecule has 2 rings (SSSR count). The SMILES string of the molecule is CN=C(NCC(=O)NCc1ccc(OC)cc1)NCC1CCCOC1C(C)(C)C.I. The Bertz CT molecular complexity index is 674. The normalized spacial score (nSPS) is 19.4. The minimum Gasteiger partial charge on any atom is -0.497 e. The molecule has 2 atom stereocenters. The van der Waals surface area contributed by atoms with Crippen molar-refractivity contribution < 1.29 is 14.3 Å². The summed E-state index contributed by atoms with van der Waals surface area (Å²) in [6.07, 6.45) is 2.43. The lowest BCUT2D eigenvalue weighted by Crippen LogP contribution is -2.48. The number of hydrogen-bond acceptors (Lipinski definition) is 4. The standard InChI is InChI=1S/C22H36N4O3.HI/c1-22(2,3)20-17(7-6-12-29-20)14-25-21(23-4)26-15-19(27)24-13-16-8-10-18(28-5)11-9-16;/h8-11,17,20H,6-7,12-15H2,1-5H3,(H,24,27)(H2,23,25,26);1H. The van der Waals surface area contributed by atoms with Crippen LogP contribution in [0.15, 0.2) is 29.3 Å². The first-order valence-electron chi connectivity index (χ1n) is 10.3. The van der Waals surface area contributed by atoms with Gasteiger partial charge in [-0.1, -0.05) is 32.9 Å². The predicted molar refractivity (Wildman–Crippen MR) is 132 cm³/mol. The van der Waals surface area contributed by atoms with Crippen molar-refractivity contribution in [2.45, 2.75) is 46.3 Å². The third-order valence-electron chi connectivity index (χ3n) is 5.12. The minimum absolute atomic E-state index is 0. The first-order valence-corrected chi connectivity index (χ1v) is 10.3. The number of aliphatic imine (C=N–C) groups is 1. The molecular formula is C22H37IN4O3. The van der Waals surface area contributed by atoms with E-state index in [0.717, 1.165) is 37.3 Å². The van der Waals surface area contributed by atoms with Crippen LogP contribution in [-0.2, 0) is 16.1 Å². The molecule has 1 fully saturated rings. The van der Waals surface area contributed by atoms with E-state index in [0.29, 0.717) is 18.4 Å². The molecule has 1 aromatic carbocycles. The maximum Gasteiger partial charge on any atom is 0.239 e. The van der Waals surface area contributed by atoms with E-state index in [2.05, 4.69) is 41.7 Å². The lowest BCUT2D eigenvalue weighted by atomic mass is 9.78. The van der Waals surface area contributed by atoms with E-state index >= 15 is 0 Å². The molecule has 1 aliphatic heterocycles. The van der Waals surface area contributed by atoms with Crippen LogP contribution in [0, 0.1) is 11.3 Å². The Morgan fingerprint density at radius 1 is 1.20 bits per heavy atom. The highest BCUT2D eigenvalue weighted by atomic mass is 127. The highest BCUT2D eigenvalue weighted by molar-refractivity contribution is 14.0. The molecule has 1 aromatic rings. The number of methoxy groups -OCH3 is 1. The maximum absolute atomic E-state index is 12.1. The van der Waals surface area contributed by atoms with Gasteiger partial charge in [-0.05, 0) is 36.0 Å². The number of carbonyl (C=O) groups excluding carboxylic acids is 1. The molecular weight excluding hydrogens is 495 g/mol. The van der Waals surface area contributed by atoms with Gasteiger partial charge in [0.15, 0.2) is 5.96 Å². The van der Waals surface area contributed by atoms with Gasteiger partial charge in [0.05, 0.1) is 19.8 Å². The molecule has 30 heavy (non-hydrogen) atoms. The van der Waals surface area contributed by atoms with Crippen molar-refractivity contribution in [2.75, 3.05) is 33.9 Å². The molecule has 7 nitrogen and oxygen atoms in total. The number of carbonyl (C=O) groups is 1. The molecule has 8 heteroatoms. The number of ether oxygens (including phenoxy) is 2. The number of amides is 1. The quantitative estimate of drug-likeness (QED) is 0.286. The molecule has 1 heterocycles. The van der Waals surface area contributed by atoms with Crippen LogP contribution in [0.1, 0.15) is 39.2 Å². The zero-order valence-corrected chi connectivity index (χ0v) is 21.1. The summed E-state index contributed by atoms with van der Waals surface area (Å²) in [4.78, 5) is 16.4. The Kier molecular flexibility index (Phi) is 11.5. The predicted octanol–water partition coefficient (Wildman–Crippen LogP) is 2.94. The van der Waals surface area contributed by atoms with Crippen LogP contribution in [0.5, 0.6) is 5.75 Å². The number of nitrogens with one attached hydrogen (secondary N) is 3. The summed E-state index contributed by atoms with van der Waals surface area (Å²) in [6, 6.07) is 7.63. The van der Waals surface area contributed by atoms with Crippen molar-refractivity contribution in [3.8, 4) is 5.75 Å². The van der Waals surface area contributed by atoms with E-state index < -0.39 is 0 Å². The summed E-state index contributed by atoms with van der Waals surface area (Å²) in [5, 5.41) is 9.33. The number of rotatable bonds is 7. The number of hydrogen-bond donors (Lipinski definition) is 3. The van der Waals surface area contributed by atoms with Gasteiger partial charge in [0.2, 0.25) is 5.91 Å². The fraction of sp³-hybridized carbons (Fsp3) is 0.636. The molecule has 0 spiro atoms. The van der Waals surface area contributed by atoms with Gasteiger partial charge in [0, 0.05) is 32.7 Å². The van der Waals surface area contributed by atoms with E-state index in [4.69, 9.17) is 9.47 Å². The van der Waals surface area contributed by atoms with Gasteiger partial charge in [0.25, 0.3) is 0 Å². The number of guanidine groups is 1. The van der Waals surface area contributed by atoms with Crippen LogP contribution in [0.4, 0.5) is 0 Å². The van der Waals surface area contributed by atoms with Gasteiger partial charge in [-0.25, -0.2) is 0 Å². The third-order valence-corrected chi connectivity index (χ3v) is 5.12. The molecule has 0 aromatic heterocycles. The molecule has 1 saturated heterocycles. The summed E-state index contributed by atoms with van der Waals surface area (Å²) in [5.41, 5.74) is 1.12. The average Bonchev–Trinajstić information content (AvgIpc) is 2.72. The lowest BCUT2D eigenvalue weighted by Gasteiger charge is -2.40. The Morgan fingerprint density at radius 3 is 2.50 bits per heavy atom. The first-order chi connectivity index (χ1) is 13.8. The molecule has 0 aliphatic carbocycles. The van der Waals surface area contributed by atoms with Crippen LogP contribution >= 0.6 is 24.0 Å². The van der Waals surface area contributed by atoms with Crippen LogP contribution < -0.4 is 20.7 Å². The van der Waals surface area contributed by atoms with Crippen LogP contribution in [0.3, 0.4) is 0 Å². The fourth-order valence-electron chi connectivity index (χ4n) is 3.63. The molecule has 1 amide bonds. The van der Waals surface area contributed by atoms with E-state index in [1.54, 1.807) is 14.2 Å². The summed E-state index contributed by atoms with van der Waals surface area (Å²) in [6.45, 7) is 8.90. The van der Waals surface area contributed by atoms with Gasteiger partial charge in [0.1, 0.15) is 5.75 Å². The highest BCUT2D eigenvalue weighted by Crippen LogP contribution is 2.33. The van der Waals surface area contributed by atoms with E-state index in [1.807, 2.05) is 24.3 Å². The molecule has 0 saturated carbocycles. The van der Waals surface area contributed by atoms with Crippen molar-refractivity contribution in [2.24, 2.45) is 16.3 Å². The maximum atomic E-state index is 12.1. The fourth-order valence-corrected chi connectivity index (χ4v) is 3.63. The molecule has 0 radical (unpaired) electrons. The zero-order valence-electron chi connectivity index (χ0n) is 18.8. The number of halogens is 1. The Labute approximate surface area is 197 Å². The van der Waals surface area contributed by atoms with Crippen LogP contribution in [0.25, 0.3) is 0 Å². The Balaban J connectivity index is 0.00000450. The van der Waals surface area contributed by atoms with Crippen molar-refractivity contribution in [3.63, 3.8) is 0 Å². The minimum atomic E-state index is -0.0858. The topological polar surface area (TPSA) is 84.0 Å². The van der Waals surface area contributed by atoms with Gasteiger partial charge in [-0.15, -0.1) is 24.0 Å². The van der Waals surface area contributed by atoms with Crippen LogP contribution in [-0.4, -0.2) is 51.8 Å². The second kappa shape index (κ2) is 13.0. The molecule has 1 aliphatic rings. The average molecular weight is 532 g/mol. The summed E-state index contributed by atoms with van der Waals surface area (Å²) >= 11 is 0. The van der Waals surface area contributed by atoms with E-state index in [9.17, 15) is 4.79 Å². The highest BCUT2D eigenvalue weighted by Gasteiger charge is 2.35. The van der Waals surface area contributed by atoms with Gasteiger partial charge in [-0.2, -0.15) is 0 Å². The van der Waals surface area contributed by atoms with Gasteiger partial charge >= 0.3 is 0 Å². The van der Waals surface area contributed by atoms with Crippen LogP contribution in [0.2, 0.25) is 0 Å². The van der Waals surface area contributed by atoms with E-state index in [-0.39, 0.29) is 47.9 Å². The molecule has 3 N–H and O–H groups in total.